The molecular weight excluding hydrogens is 322 g/mol. The van der Waals surface area contributed by atoms with Crippen LogP contribution in [0.1, 0.15) is 26.9 Å². The summed E-state index contributed by atoms with van der Waals surface area (Å²) in [5.74, 6) is 0.314. The number of amides is 1. The van der Waals surface area contributed by atoms with Crippen LogP contribution >= 0.6 is 11.8 Å². The normalized spacial score (nSPS) is 17.1. The van der Waals surface area contributed by atoms with E-state index in [2.05, 4.69) is 12.1 Å². The summed E-state index contributed by atoms with van der Waals surface area (Å²) >= 11 is 1.63. The van der Waals surface area contributed by atoms with Gasteiger partial charge in [0.1, 0.15) is 5.37 Å². The van der Waals surface area contributed by atoms with Gasteiger partial charge in [-0.1, -0.05) is 42.5 Å². The molecule has 1 atom stereocenters. The Morgan fingerprint density at radius 2 is 1.88 bits per heavy atom. The summed E-state index contributed by atoms with van der Waals surface area (Å²) in [6.45, 7) is 0.694. The third-order valence-corrected chi connectivity index (χ3v) is 5.33. The molecule has 0 spiro atoms. The van der Waals surface area contributed by atoms with Gasteiger partial charge < -0.3 is 9.64 Å². The monoisotopic (exact) mass is 341 g/mol. The van der Waals surface area contributed by atoms with Crippen molar-refractivity contribution in [2.24, 2.45) is 0 Å². The summed E-state index contributed by atoms with van der Waals surface area (Å²) in [4.78, 5) is 25.7. The third kappa shape index (κ3) is 3.62. The number of thioether (sulfide) groups is 1. The zero-order valence-electron chi connectivity index (χ0n) is 13.5. The van der Waals surface area contributed by atoms with Crippen molar-refractivity contribution in [1.82, 2.24) is 4.90 Å². The number of ether oxygens (including phenoxy) is 1. The van der Waals surface area contributed by atoms with Gasteiger partial charge in [0.2, 0.25) is 5.91 Å². The van der Waals surface area contributed by atoms with Gasteiger partial charge in [0.15, 0.2) is 0 Å². The summed E-state index contributed by atoms with van der Waals surface area (Å²) in [6.07, 6.45) is 0.837. The van der Waals surface area contributed by atoms with Gasteiger partial charge in [0.05, 0.1) is 18.4 Å². The molecule has 4 nitrogen and oxygen atoms in total. The molecule has 0 N–H and O–H groups in total. The number of carbonyl (C=O) groups excluding carboxylic acids is 2. The van der Waals surface area contributed by atoms with Crippen LogP contribution in [0.4, 0.5) is 0 Å². The van der Waals surface area contributed by atoms with Crippen molar-refractivity contribution >= 4 is 23.6 Å². The summed E-state index contributed by atoms with van der Waals surface area (Å²) < 4.78 is 4.72. The predicted octanol–water partition coefficient (Wildman–Crippen LogP) is 3.29. The summed E-state index contributed by atoms with van der Waals surface area (Å²) in [7, 11) is 1.37. The van der Waals surface area contributed by atoms with Crippen LogP contribution in [0.3, 0.4) is 0 Å². The van der Waals surface area contributed by atoms with Crippen molar-refractivity contribution in [3.05, 3.63) is 71.3 Å². The van der Waals surface area contributed by atoms with Crippen molar-refractivity contribution in [2.45, 2.75) is 11.8 Å². The number of hydrogen-bond acceptors (Lipinski definition) is 4. The molecule has 2 aromatic carbocycles. The predicted molar refractivity (Wildman–Crippen MR) is 94.8 cm³/mol. The molecule has 1 heterocycles. The van der Waals surface area contributed by atoms with Crippen LogP contribution in [0.25, 0.3) is 0 Å². The molecular formula is C19H19NO3S. The largest absolute Gasteiger partial charge is 0.465 e. The highest BCUT2D eigenvalue weighted by molar-refractivity contribution is 8.00. The van der Waals surface area contributed by atoms with E-state index in [0.717, 1.165) is 12.0 Å². The molecule has 1 saturated heterocycles. The number of methoxy groups -OCH3 is 1. The Morgan fingerprint density at radius 1 is 1.17 bits per heavy atom. The van der Waals surface area contributed by atoms with Crippen molar-refractivity contribution in [2.75, 3.05) is 19.4 Å². The molecule has 0 bridgehead atoms. The molecule has 2 aromatic rings. The summed E-state index contributed by atoms with van der Waals surface area (Å²) in [5.41, 5.74) is 2.78. The topological polar surface area (TPSA) is 46.6 Å². The maximum absolute atomic E-state index is 12.2. The highest BCUT2D eigenvalue weighted by Crippen LogP contribution is 2.38. The number of rotatable bonds is 5. The minimum atomic E-state index is -0.349. The second-order valence-electron chi connectivity index (χ2n) is 5.60. The molecule has 0 aliphatic carbocycles. The summed E-state index contributed by atoms with van der Waals surface area (Å²) in [6, 6.07) is 17.5. The van der Waals surface area contributed by atoms with Crippen LogP contribution in [0.2, 0.25) is 0 Å². The first-order valence-corrected chi connectivity index (χ1v) is 8.87. The van der Waals surface area contributed by atoms with Gasteiger partial charge in [0.25, 0.3) is 0 Å². The van der Waals surface area contributed by atoms with Gasteiger partial charge in [-0.15, -0.1) is 11.8 Å². The fourth-order valence-electron chi connectivity index (χ4n) is 2.77. The molecule has 0 saturated carbocycles. The molecule has 24 heavy (non-hydrogen) atoms. The zero-order chi connectivity index (χ0) is 16.9. The highest BCUT2D eigenvalue weighted by Gasteiger charge is 2.32. The van der Waals surface area contributed by atoms with Crippen LogP contribution in [0, 0.1) is 0 Å². The van der Waals surface area contributed by atoms with Crippen LogP contribution in [-0.2, 0) is 16.0 Å². The lowest BCUT2D eigenvalue weighted by Crippen LogP contribution is -2.30. The maximum Gasteiger partial charge on any atom is 0.337 e. The van der Waals surface area contributed by atoms with Crippen LogP contribution in [0.5, 0.6) is 0 Å². The first kappa shape index (κ1) is 16.6. The fraction of sp³-hybridized carbons (Fsp3) is 0.263. The van der Waals surface area contributed by atoms with Gasteiger partial charge in [0, 0.05) is 6.54 Å². The molecule has 1 amide bonds. The van der Waals surface area contributed by atoms with E-state index in [4.69, 9.17) is 4.74 Å². The van der Waals surface area contributed by atoms with Gasteiger partial charge in [-0.3, -0.25) is 4.79 Å². The second-order valence-corrected chi connectivity index (χ2v) is 6.67. The lowest BCUT2D eigenvalue weighted by molar-refractivity contribution is -0.128. The molecule has 1 aliphatic heterocycles. The first-order chi connectivity index (χ1) is 11.7. The van der Waals surface area contributed by atoms with E-state index in [1.807, 2.05) is 35.2 Å². The van der Waals surface area contributed by atoms with Crippen molar-refractivity contribution < 1.29 is 14.3 Å². The van der Waals surface area contributed by atoms with E-state index in [1.165, 1.54) is 12.7 Å². The summed E-state index contributed by atoms with van der Waals surface area (Å²) in [5, 5.41) is 0.00732. The smallest absolute Gasteiger partial charge is 0.337 e. The van der Waals surface area contributed by atoms with E-state index < -0.39 is 0 Å². The number of benzene rings is 2. The van der Waals surface area contributed by atoms with Crippen molar-refractivity contribution in [1.29, 1.82) is 0 Å². The molecule has 3 rings (SSSR count). The number of esters is 1. The first-order valence-electron chi connectivity index (χ1n) is 7.82. The Morgan fingerprint density at radius 3 is 2.54 bits per heavy atom. The van der Waals surface area contributed by atoms with E-state index in [0.29, 0.717) is 17.9 Å². The van der Waals surface area contributed by atoms with Crippen molar-refractivity contribution in [3.8, 4) is 0 Å². The Bertz CT molecular complexity index is 715. The number of carbonyl (C=O) groups is 2. The molecule has 5 heteroatoms. The van der Waals surface area contributed by atoms with Crippen LogP contribution in [-0.4, -0.2) is 36.2 Å². The van der Waals surface area contributed by atoms with Crippen LogP contribution in [0.15, 0.2) is 54.6 Å². The Kier molecular flexibility index (Phi) is 5.20. The average molecular weight is 341 g/mol. The minimum absolute atomic E-state index is 0.00732. The Hall–Kier alpha value is -2.27. The molecule has 1 aliphatic rings. The lowest BCUT2D eigenvalue weighted by atomic mass is 10.1. The van der Waals surface area contributed by atoms with Gasteiger partial charge in [-0.25, -0.2) is 4.79 Å². The number of hydrogen-bond donors (Lipinski definition) is 0. The Balaban J connectivity index is 1.71. The highest BCUT2D eigenvalue weighted by atomic mass is 32.2. The maximum atomic E-state index is 12.2. The lowest BCUT2D eigenvalue weighted by Gasteiger charge is -2.24. The second kappa shape index (κ2) is 7.53. The van der Waals surface area contributed by atoms with E-state index in [9.17, 15) is 9.59 Å². The average Bonchev–Trinajstić information content (AvgIpc) is 3.01. The fourth-order valence-corrected chi connectivity index (χ4v) is 3.99. The van der Waals surface area contributed by atoms with E-state index in [1.54, 1.807) is 23.9 Å². The van der Waals surface area contributed by atoms with Gasteiger partial charge >= 0.3 is 5.97 Å². The molecule has 0 aromatic heterocycles. The third-order valence-electron chi connectivity index (χ3n) is 4.07. The van der Waals surface area contributed by atoms with Gasteiger partial charge in [-0.2, -0.15) is 0 Å². The standard InChI is InChI=1S/C19H19NO3S/c1-23-19(22)16-9-7-15(8-10-16)18-20(17(21)13-24-18)12-11-14-5-3-2-4-6-14/h2-10,18H,11-13H2,1H3/t18-/m0/s1. The van der Waals surface area contributed by atoms with E-state index >= 15 is 0 Å². The quantitative estimate of drug-likeness (QED) is 0.783. The molecule has 124 valence electrons. The molecule has 0 unspecified atom stereocenters. The Labute approximate surface area is 145 Å². The zero-order valence-corrected chi connectivity index (χ0v) is 14.3. The van der Waals surface area contributed by atoms with Gasteiger partial charge in [-0.05, 0) is 29.7 Å². The van der Waals surface area contributed by atoms with Crippen LogP contribution < -0.4 is 0 Å². The van der Waals surface area contributed by atoms with E-state index in [-0.39, 0.29) is 17.3 Å². The van der Waals surface area contributed by atoms with Crippen molar-refractivity contribution in [3.63, 3.8) is 0 Å². The molecule has 0 radical (unpaired) electrons. The number of nitrogens with zero attached hydrogens (tertiary/aromatic N) is 1. The minimum Gasteiger partial charge on any atom is -0.465 e. The molecule has 1 fully saturated rings. The SMILES string of the molecule is COC(=O)c1ccc([C@@H]2SCC(=O)N2CCc2ccccc2)cc1.